The van der Waals surface area contributed by atoms with E-state index in [0.29, 0.717) is 19.6 Å². The van der Waals surface area contributed by atoms with Gasteiger partial charge in [0.1, 0.15) is 0 Å². The van der Waals surface area contributed by atoms with Gasteiger partial charge in [0.15, 0.2) is 0 Å². The summed E-state index contributed by atoms with van der Waals surface area (Å²) in [7, 11) is -1.97. The monoisotopic (exact) mass is 259 g/mol. The molecular formula is C8H24B3N3O4. The van der Waals surface area contributed by atoms with Crippen molar-refractivity contribution in [3.05, 3.63) is 0 Å². The third-order valence-corrected chi connectivity index (χ3v) is 2.52. The third-order valence-electron chi connectivity index (χ3n) is 2.52. The van der Waals surface area contributed by atoms with Gasteiger partial charge in [0.2, 0.25) is 0 Å². The highest BCUT2D eigenvalue weighted by Crippen LogP contribution is 1.96. The summed E-state index contributed by atoms with van der Waals surface area (Å²) in [5, 5.41) is 42.7. The molecule has 18 heavy (non-hydrogen) atoms. The molecule has 0 bridgehead atoms. The van der Waals surface area contributed by atoms with Crippen molar-refractivity contribution in [1.82, 2.24) is 15.3 Å². The van der Waals surface area contributed by atoms with E-state index in [4.69, 9.17) is 5.02 Å². The molecule has 0 spiro atoms. The molecule has 0 amide bonds. The Hall–Kier alpha value is -0.0852. The maximum atomic E-state index is 9.62. The van der Waals surface area contributed by atoms with Crippen molar-refractivity contribution in [3.8, 4) is 0 Å². The fourth-order valence-electron chi connectivity index (χ4n) is 1.64. The topological polar surface area (TPSA) is 108 Å². The summed E-state index contributed by atoms with van der Waals surface area (Å²) in [4.78, 5) is 1.74. The van der Waals surface area contributed by atoms with Gasteiger partial charge in [0.25, 0.3) is 0 Å². The van der Waals surface area contributed by atoms with Gasteiger partial charge in [-0.3, -0.25) is 0 Å². The zero-order chi connectivity index (χ0) is 14.1. The van der Waals surface area contributed by atoms with Crippen LogP contribution in [0.5, 0.6) is 0 Å². The van der Waals surface area contributed by atoms with Crippen LogP contribution in [0.3, 0.4) is 0 Å². The molecule has 7 nitrogen and oxygen atoms in total. The van der Waals surface area contributed by atoms with Gasteiger partial charge >= 0.3 is 21.2 Å². The second-order valence-electron chi connectivity index (χ2n) is 4.48. The van der Waals surface area contributed by atoms with E-state index in [9.17, 15) is 15.2 Å². The number of nitrogens with one attached hydrogen (secondary N) is 2. The molecule has 0 heterocycles. The van der Waals surface area contributed by atoms with Gasteiger partial charge in [0.05, 0.1) is 6.61 Å². The maximum Gasteiger partial charge on any atom is 0.376 e. The van der Waals surface area contributed by atoms with Crippen LogP contribution >= 0.6 is 0 Å². The quantitative estimate of drug-likeness (QED) is 0.234. The maximum absolute atomic E-state index is 9.62. The van der Waals surface area contributed by atoms with Crippen LogP contribution in [0.4, 0.5) is 0 Å². The van der Waals surface area contributed by atoms with E-state index in [1.54, 1.807) is 25.3 Å². The molecule has 6 N–H and O–H groups in total. The summed E-state index contributed by atoms with van der Waals surface area (Å²) in [6, 6.07) is -0.314. The van der Waals surface area contributed by atoms with E-state index in [-0.39, 0.29) is 12.6 Å². The van der Waals surface area contributed by atoms with Crippen molar-refractivity contribution in [2.24, 2.45) is 0 Å². The predicted molar refractivity (Wildman–Crippen MR) is 75.1 cm³/mol. The second kappa shape index (κ2) is 9.79. The van der Waals surface area contributed by atoms with Crippen molar-refractivity contribution >= 4 is 21.2 Å². The first kappa shape index (κ1) is 17.9. The lowest BCUT2D eigenvalue weighted by Gasteiger charge is -2.28. The molecular weight excluding hydrogens is 235 g/mol. The minimum Gasteiger partial charge on any atom is -0.437 e. The van der Waals surface area contributed by atoms with E-state index < -0.39 is 21.2 Å². The number of nitrogens with zero attached hydrogens (tertiary/aromatic N) is 1. The molecule has 0 aliphatic rings. The fourth-order valence-corrected chi connectivity index (χ4v) is 1.64. The first-order valence-corrected chi connectivity index (χ1v) is 6.25. The Balaban J connectivity index is 4.15. The Morgan fingerprint density at radius 1 is 1.11 bits per heavy atom. The lowest BCUT2D eigenvalue weighted by atomic mass is 9.82. The minimum atomic E-state index is -0.714. The number of rotatable bonds is 10. The molecule has 1 unspecified atom stereocenters. The molecule has 0 radical (unpaired) electrons. The predicted octanol–water partition coefficient (Wildman–Crippen LogP) is -2.84. The number of aliphatic hydroxyl groups is 1. The third kappa shape index (κ3) is 8.93. The zero-order valence-corrected chi connectivity index (χ0v) is 11.4. The number of aliphatic hydroxyl groups excluding tert-OH is 1. The molecule has 0 aromatic heterocycles. The average Bonchev–Trinajstić information content (AvgIpc) is 2.24. The molecule has 1 atom stereocenters. The van der Waals surface area contributed by atoms with Gasteiger partial charge in [-0.2, -0.15) is 0 Å². The molecule has 0 aliphatic heterocycles. The minimum absolute atomic E-state index is 0.127. The Labute approximate surface area is 110 Å². The Kier molecular flexibility index (Phi) is 9.75. The van der Waals surface area contributed by atoms with Gasteiger partial charge in [-0.1, -0.05) is 0 Å². The summed E-state index contributed by atoms with van der Waals surface area (Å²) in [6.07, 6.45) is 0. The Morgan fingerprint density at radius 3 is 2.11 bits per heavy atom. The van der Waals surface area contributed by atoms with Crippen LogP contribution in [-0.2, 0) is 0 Å². The van der Waals surface area contributed by atoms with E-state index >= 15 is 0 Å². The molecule has 10 heteroatoms. The van der Waals surface area contributed by atoms with Crippen LogP contribution in [0.15, 0.2) is 0 Å². The van der Waals surface area contributed by atoms with E-state index in [1.807, 2.05) is 0 Å². The van der Waals surface area contributed by atoms with E-state index in [0.717, 1.165) is 0 Å². The van der Waals surface area contributed by atoms with Crippen molar-refractivity contribution < 1.29 is 20.2 Å². The van der Waals surface area contributed by atoms with Crippen LogP contribution in [0.1, 0.15) is 0 Å². The first-order chi connectivity index (χ1) is 8.36. The van der Waals surface area contributed by atoms with Crippen molar-refractivity contribution in [2.45, 2.75) is 26.5 Å². The number of hydrogen-bond donors (Lipinski definition) is 6. The van der Waals surface area contributed by atoms with E-state index in [1.165, 1.54) is 0 Å². The molecule has 0 saturated heterocycles. The summed E-state index contributed by atoms with van der Waals surface area (Å²) in [5.41, 5.74) is 0. The van der Waals surface area contributed by atoms with Crippen LogP contribution in [0.25, 0.3) is 0 Å². The molecule has 0 rings (SSSR count). The molecule has 0 fully saturated rings. The normalized spacial score (nSPS) is 12.7. The standard InChI is InChI=1S/C8H24B3N3O4/c1-9(16)12-4-5-14(11(3)18)6-8(7-15)13-10(2)17/h8,12-13,15-18H,4-7H2,1-3H3. The van der Waals surface area contributed by atoms with Crippen LogP contribution in [0, 0.1) is 0 Å². The summed E-state index contributed by atoms with van der Waals surface area (Å²) < 4.78 is 0. The first-order valence-electron chi connectivity index (χ1n) is 6.25. The van der Waals surface area contributed by atoms with Gasteiger partial charge in [-0.25, -0.2) is 0 Å². The van der Waals surface area contributed by atoms with E-state index in [2.05, 4.69) is 10.5 Å². The Bertz CT molecular complexity index is 212. The van der Waals surface area contributed by atoms with Gasteiger partial charge in [-0.05, 0) is 27.0 Å². The SMILES string of the molecule is CB(O)NCCN(CC(CO)NB(C)O)B(C)O. The molecule has 0 aromatic carbocycles. The highest BCUT2D eigenvalue weighted by atomic mass is 16.3. The van der Waals surface area contributed by atoms with Crippen molar-refractivity contribution in [3.63, 3.8) is 0 Å². The average molecular weight is 259 g/mol. The van der Waals surface area contributed by atoms with Crippen LogP contribution in [-0.4, -0.2) is 78.4 Å². The van der Waals surface area contributed by atoms with Crippen LogP contribution < -0.4 is 10.5 Å². The molecule has 104 valence electrons. The lowest BCUT2D eigenvalue weighted by Crippen LogP contribution is -2.53. The largest absolute Gasteiger partial charge is 0.437 e. The van der Waals surface area contributed by atoms with Crippen LogP contribution in [0.2, 0.25) is 20.5 Å². The van der Waals surface area contributed by atoms with Crippen molar-refractivity contribution in [2.75, 3.05) is 26.2 Å². The van der Waals surface area contributed by atoms with Gasteiger partial charge in [-0.15, -0.1) is 0 Å². The highest BCUT2D eigenvalue weighted by Gasteiger charge is 2.21. The van der Waals surface area contributed by atoms with Crippen molar-refractivity contribution in [1.29, 1.82) is 0 Å². The molecule has 0 saturated carbocycles. The molecule has 0 aliphatic carbocycles. The summed E-state index contributed by atoms with van der Waals surface area (Å²) >= 11 is 0. The fraction of sp³-hybridized carbons (Fsp3) is 1.00. The number of hydrogen-bond acceptors (Lipinski definition) is 7. The molecule has 0 aromatic rings. The highest BCUT2D eigenvalue weighted by molar-refractivity contribution is 6.46. The summed E-state index contributed by atoms with van der Waals surface area (Å²) in [6.45, 7) is 6.16. The van der Waals surface area contributed by atoms with Gasteiger partial charge < -0.3 is 35.4 Å². The zero-order valence-electron chi connectivity index (χ0n) is 11.4. The Morgan fingerprint density at radius 2 is 1.72 bits per heavy atom. The summed E-state index contributed by atoms with van der Waals surface area (Å²) in [5.74, 6) is 0. The van der Waals surface area contributed by atoms with Gasteiger partial charge in [0, 0.05) is 19.1 Å². The second-order valence-corrected chi connectivity index (χ2v) is 4.48. The lowest BCUT2D eigenvalue weighted by molar-refractivity contribution is 0.223. The smallest absolute Gasteiger partial charge is 0.376 e.